The van der Waals surface area contributed by atoms with Gasteiger partial charge in [0.25, 0.3) is 0 Å². The SMILES string of the molecule is Cc1n[nH]c(=S)n1NC=O. The van der Waals surface area contributed by atoms with Gasteiger partial charge in [-0.3, -0.25) is 15.3 Å². The zero-order valence-corrected chi connectivity index (χ0v) is 6.10. The van der Waals surface area contributed by atoms with E-state index in [0.29, 0.717) is 17.0 Å². The molecule has 1 amide bonds. The van der Waals surface area contributed by atoms with Crippen molar-refractivity contribution in [2.24, 2.45) is 0 Å². The highest BCUT2D eigenvalue weighted by Gasteiger charge is 1.96. The average Bonchev–Trinajstić information content (AvgIpc) is 2.20. The van der Waals surface area contributed by atoms with Crippen LogP contribution in [0.5, 0.6) is 0 Å². The molecule has 2 N–H and O–H groups in total. The number of rotatable bonds is 2. The van der Waals surface area contributed by atoms with E-state index in [-0.39, 0.29) is 0 Å². The van der Waals surface area contributed by atoms with E-state index in [1.54, 1.807) is 6.92 Å². The van der Waals surface area contributed by atoms with Crippen molar-refractivity contribution < 1.29 is 4.79 Å². The maximum absolute atomic E-state index is 9.96. The molecule has 54 valence electrons. The lowest BCUT2D eigenvalue weighted by Crippen LogP contribution is -2.13. The predicted molar refractivity (Wildman–Crippen MR) is 37.6 cm³/mol. The van der Waals surface area contributed by atoms with Crippen LogP contribution in [0.3, 0.4) is 0 Å². The summed E-state index contributed by atoms with van der Waals surface area (Å²) in [7, 11) is 0. The molecule has 0 unspecified atom stereocenters. The number of hydrogen-bond acceptors (Lipinski definition) is 3. The van der Waals surface area contributed by atoms with E-state index in [2.05, 4.69) is 15.6 Å². The van der Waals surface area contributed by atoms with Crippen molar-refractivity contribution in [3.8, 4) is 0 Å². The lowest BCUT2D eigenvalue weighted by atomic mass is 10.7. The van der Waals surface area contributed by atoms with Crippen molar-refractivity contribution in [2.45, 2.75) is 6.92 Å². The fraction of sp³-hybridized carbons (Fsp3) is 0.250. The fourth-order valence-corrected chi connectivity index (χ4v) is 0.811. The largest absolute Gasteiger partial charge is 0.277 e. The van der Waals surface area contributed by atoms with Gasteiger partial charge in [-0.25, -0.2) is 4.68 Å². The van der Waals surface area contributed by atoms with Crippen molar-refractivity contribution in [3.63, 3.8) is 0 Å². The Bertz CT molecular complexity index is 288. The Hall–Kier alpha value is -1.17. The maximum atomic E-state index is 9.96. The number of H-pyrrole nitrogens is 1. The Balaban J connectivity index is 3.10. The van der Waals surface area contributed by atoms with Crippen LogP contribution < -0.4 is 5.43 Å². The van der Waals surface area contributed by atoms with Gasteiger partial charge >= 0.3 is 0 Å². The van der Waals surface area contributed by atoms with Crippen LogP contribution >= 0.6 is 12.2 Å². The van der Waals surface area contributed by atoms with Crippen LogP contribution in [0.15, 0.2) is 0 Å². The van der Waals surface area contributed by atoms with E-state index in [1.807, 2.05) is 0 Å². The van der Waals surface area contributed by atoms with Gasteiger partial charge in [-0.15, -0.1) is 0 Å². The Morgan fingerprint density at radius 3 is 3.00 bits per heavy atom. The number of aromatic amines is 1. The van der Waals surface area contributed by atoms with Gasteiger partial charge < -0.3 is 0 Å². The van der Waals surface area contributed by atoms with E-state index in [0.717, 1.165) is 0 Å². The van der Waals surface area contributed by atoms with Gasteiger partial charge in [0, 0.05) is 0 Å². The van der Waals surface area contributed by atoms with Crippen LogP contribution in [0.1, 0.15) is 5.82 Å². The first kappa shape index (κ1) is 6.94. The summed E-state index contributed by atoms with van der Waals surface area (Å²) in [6.07, 6.45) is 0.540. The zero-order valence-electron chi connectivity index (χ0n) is 5.29. The van der Waals surface area contributed by atoms with Gasteiger partial charge in [0.1, 0.15) is 5.82 Å². The molecule has 1 heterocycles. The molecule has 0 bridgehead atoms. The molecule has 0 saturated carbocycles. The van der Waals surface area contributed by atoms with Crippen LogP contribution in [0.4, 0.5) is 0 Å². The minimum Gasteiger partial charge on any atom is -0.277 e. The van der Waals surface area contributed by atoms with E-state index < -0.39 is 0 Å². The zero-order chi connectivity index (χ0) is 7.56. The Morgan fingerprint density at radius 2 is 2.60 bits per heavy atom. The standard InChI is InChI=1S/C4H6N4OS/c1-3-6-7-4(10)8(3)5-2-9/h2H,1H3,(H,5,9)(H,7,10). The van der Waals surface area contributed by atoms with Crippen LogP contribution in [-0.2, 0) is 4.79 Å². The first-order valence-electron chi connectivity index (χ1n) is 2.60. The molecule has 0 aliphatic rings. The normalized spacial score (nSPS) is 9.30. The molecule has 0 spiro atoms. The minimum absolute atomic E-state index is 0.379. The Kier molecular flexibility index (Phi) is 1.81. The highest BCUT2D eigenvalue weighted by molar-refractivity contribution is 7.71. The summed E-state index contributed by atoms with van der Waals surface area (Å²) in [5.74, 6) is 0.622. The van der Waals surface area contributed by atoms with Gasteiger partial charge in [-0.2, -0.15) is 5.10 Å². The number of nitrogens with one attached hydrogen (secondary N) is 2. The summed E-state index contributed by atoms with van der Waals surface area (Å²) in [5.41, 5.74) is 2.36. The lowest BCUT2D eigenvalue weighted by Gasteiger charge is -1.96. The molecule has 0 fully saturated rings. The van der Waals surface area contributed by atoms with Gasteiger partial charge in [0.2, 0.25) is 11.2 Å². The third kappa shape index (κ3) is 1.06. The molecular formula is C4H6N4OS. The summed E-state index contributed by atoms with van der Waals surface area (Å²) in [6.45, 7) is 1.72. The Morgan fingerprint density at radius 1 is 1.90 bits per heavy atom. The fourth-order valence-electron chi connectivity index (χ4n) is 0.580. The van der Waals surface area contributed by atoms with Crippen molar-refractivity contribution in [1.82, 2.24) is 14.9 Å². The lowest BCUT2D eigenvalue weighted by molar-refractivity contribution is -0.106. The van der Waals surface area contributed by atoms with Gasteiger partial charge in [0.15, 0.2) is 0 Å². The summed E-state index contributed by atoms with van der Waals surface area (Å²) >= 11 is 4.76. The Labute approximate surface area is 62.0 Å². The molecule has 6 heteroatoms. The van der Waals surface area contributed by atoms with Gasteiger partial charge in [0.05, 0.1) is 0 Å². The first-order valence-corrected chi connectivity index (χ1v) is 3.00. The first-order chi connectivity index (χ1) is 4.75. The smallest absolute Gasteiger partial charge is 0.226 e. The second-order valence-electron chi connectivity index (χ2n) is 1.66. The molecule has 0 saturated heterocycles. The average molecular weight is 158 g/mol. The molecule has 0 aromatic carbocycles. The molecule has 0 aliphatic carbocycles. The number of hydrogen-bond donors (Lipinski definition) is 2. The number of carbonyl (C=O) groups is 1. The van der Waals surface area contributed by atoms with E-state index in [1.165, 1.54) is 4.68 Å². The van der Waals surface area contributed by atoms with Crippen LogP contribution in [-0.4, -0.2) is 21.3 Å². The van der Waals surface area contributed by atoms with E-state index in [4.69, 9.17) is 12.2 Å². The maximum Gasteiger partial charge on any atom is 0.226 e. The van der Waals surface area contributed by atoms with E-state index >= 15 is 0 Å². The summed E-state index contributed by atoms with van der Waals surface area (Å²) in [4.78, 5) is 9.96. The number of aromatic nitrogens is 3. The van der Waals surface area contributed by atoms with Crippen LogP contribution in [0.25, 0.3) is 0 Å². The topological polar surface area (TPSA) is 62.7 Å². The summed E-state index contributed by atoms with van der Waals surface area (Å²) in [6, 6.07) is 0. The molecule has 0 aliphatic heterocycles. The highest BCUT2D eigenvalue weighted by atomic mass is 32.1. The van der Waals surface area contributed by atoms with Crippen molar-refractivity contribution in [2.75, 3.05) is 5.43 Å². The molecular weight excluding hydrogens is 152 g/mol. The molecule has 0 atom stereocenters. The molecule has 5 nitrogen and oxygen atoms in total. The molecule has 10 heavy (non-hydrogen) atoms. The molecule has 0 radical (unpaired) electrons. The number of nitrogens with zero attached hydrogens (tertiary/aromatic N) is 2. The summed E-state index contributed by atoms with van der Waals surface area (Å²) < 4.78 is 1.76. The predicted octanol–water partition coefficient (Wildman–Crippen LogP) is -0.0510. The van der Waals surface area contributed by atoms with Crippen molar-refractivity contribution in [1.29, 1.82) is 0 Å². The van der Waals surface area contributed by atoms with Crippen molar-refractivity contribution in [3.05, 3.63) is 10.6 Å². The number of carbonyl (C=O) groups excluding carboxylic acids is 1. The quantitative estimate of drug-likeness (QED) is 0.468. The number of amides is 1. The van der Waals surface area contributed by atoms with Crippen LogP contribution in [0, 0.1) is 11.7 Å². The van der Waals surface area contributed by atoms with Crippen molar-refractivity contribution >= 4 is 18.6 Å². The van der Waals surface area contributed by atoms with Gasteiger partial charge in [-0.1, -0.05) is 0 Å². The van der Waals surface area contributed by atoms with Crippen LogP contribution in [0.2, 0.25) is 0 Å². The monoisotopic (exact) mass is 158 g/mol. The number of aryl methyl sites for hydroxylation is 1. The minimum atomic E-state index is 0.379. The third-order valence-electron chi connectivity index (χ3n) is 1.02. The summed E-state index contributed by atoms with van der Waals surface area (Å²) in [5, 5.41) is 6.28. The molecule has 1 aromatic heterocycles. The molecule has 1 rings (SSSR count). The van der Waals surface area contributed by atoms with Gasteiger partial charge in [-0.05, 0) is 19.1 Å². The highest BCUT2D eigenvalue weighted by Crippen LogP contribution is 1.88. The van der Waals surface area contributed by atoms with E-state index in [9.17, 15) is 4.79 Å². The second kappa shape index (κ2) is 2.61. The second-order valence-corrected chi connectivity index (χ2v) is 2.05. The third-order valence-corrected chi connectivity index (χ3v) is 1.30. The molecule has 1 aromatic rings.